The van der Waals surface area contributed by atoms with E-state index < -0.39 is 0 Å². The van der Waals surface area contributed by atoms with E-state index in [0.29, 0.717) is 0 Å². The topological polar surface area (TPSA) is 12.0 Å². The molecule has 0 aliphatic heterocycles. The first kappa shape index (κ1) is 12.2. The van der Waals surface area contributed by atoms with Crippen LogP contribution >= 0.6 is 11.3 Å². The van der Waals surface area contributed by atoms with E-state index in [0.717, 1.165) is 13.0 Å². The van der Waals surface area contributed by atoms with Crippen molar-refractivity contribution in [1.29, 1.82) is 0 Å². The lowest BCUT2D eigenvalue weighted by atomic mass is 10.1. The second-order valence-electron chi connectivity index (χ2n) is 4.26. The molecule has 1 N–H and O–H groups in total. The van der Waals surface area contributed by atoms with Crippen LogP contribution in [0.5, 0.6) is 0 Å². The lowest BCUT2D eigenvalue weighted by Gasteiger charge is -2.06. The van der Waals surface area contributed by atoms with Gasteiger partial charge in [0.2, 0.25) is 0 Å². The number of thiophene rings is 1. The molecule has 90 valence electrons. The summed E-state index contributed by atoms with van der Waals surface area (Å²) in [4.78, 5) is 0. The fourth-order valence-corrected chi connectivity index (χ4v) is 2.57. The van der Waals surface area contributed by atoms with Crippen molar-refractivity contribution in [3.05, 3.63) is 52.2 Å². The van der Waals surface area contributed by atoms with Gasteiger partial charge in [-0.25, -0.2) is 0 Å². The minimum absolute atomic E-state index is 1.00. The summed E-state index contributed by atoms with van der Waals surface area (Å²) in [5, 5.41) is 7.80. The predicted octanol–water partition coefficient (Wildman–Crippen LogP) is 4.36. The van der Waals surface area contributed by atoms with E-state index >= 15 is 0 Å². The zero-order valence-corrected chi connectivity index (χ0v) is 11.1. The second-order valence-corrected chi connectivity index (χ2v) is 5.04. The van der Waals surface area contributed by atoms with Crippen LogP contribution in [0.2, 0.25) is 0 Å². The highest BCUT2D eigenvalue weighted by Crippen LogP contribution is 2.12. The Labute approximate surface area is 108 Å². The smallest absolute Gasteiger partial charge is 0.0340 e. The van der Waals surface area contributed by atoms with Gasteiger partial charge in [0.1, 0.15) is 0 Å². The van der Waals surface area contributed by atoms with Crippen molar-refractivity contribution in [3.63, 3.8) is 0 Å². The van der Waals surface area contributed by atoms with Gasteiger partial charge in [-0.05, 0) is 52.9 Å². The number of nitrogens with one attached hydrogen (secondary N) is 1. The Kier molecular flexibility index (Phi) is 4.63. The van der Waals surface area contributed by atoms with Crippen LogP contribution in [0, 0.1) is 0 Å². The van der Waals surface area contributed by atoms with E-state index in [-0.39, 0.29) is 0 Å². The van der Waals surface area contributed by atoms with Gasteiger partial charge in [-0.3, -0.25) is 0 Å². The minimum atomic E-state index is 1.00. The molecule has 0 aliphatic carbocycles. The summed E-state index contributed by atoms with van der Waals surface area (Å²) in [5.41, 5.74) is 4.07. The van der Waals surface area contributed by atoms with Crippen LogP contribution in [0.4, 0.5) is 5.69 Å². The number of benzene rings is 1. The lowest BCUT2D eigenvalue weighted by molar-refractivity contribution is 0.921. The number of aryl methyl sites for hydroxylation is 1. The van der Waals surface area contributed by atoms with E-state index in [1.165, 1.54) is 29.7 Å². The first-order valence-corrected chi connectivity index (χ1v) is 7.16. The summed E-state index contributed by atoms with van der Waals surface area (Å²) in [5.74, 6) is 0. The minimum Gasteiger partial charge on any atom is -0.385 e. The van der Waals surface area contributed by atoms with Crippen molar-refractivity contribution in [3.8, 4) is 0 Å². The zero-order valence-electron chi connectivity index (χ0n) is 10.3. The average molecular weight is 245 g/mol. The van der Waals surface area contributed by atoms with Crippen LogP contribution in [0.25, 0.3) is 0 Å². The van der Waals surface area contributed by atoms with Crippen molar-refractivity contribution in [2.45, 2.75) is 26.2 Å². The zero-order chi connectivity index (χ0) is 11.9. The molecule has 2 aromatic rings. The normalized spacial score (nSPS) is 10.4. The Bertz CT molecular complexity index is 417. The maximum Gasteiger partial charge on any atom is 0.0340 e. The van der Waals surface area contributed by atoms with E-state index in [2.05, 4.69) is 53.3 Å². The monoisotopic (exact) mass is 245 g/mol. The number of hydrogen-bond acceptors (Lipinski definition) is 2. The maximum atomic E-state index is 3.46. The molecular formula is C15H19NS. The van der Waals surface area contributed by atoms with Crippen molar-refractivity contribution in [1.82, 2.24) is 0 Å². The Morgan fingerprint density at radius 2 is 1.82 bits per heavy atom. The van der Waals surface area contributed by atoms with Gasteiger partial charge >= 0.3 is 0 Å². The molecule has 0 aliphatic rings. The van der Waals surface area contributed by atoms with Crippen LogP contribution in [-0.2, 0) is 12.8 Å². The first-order valence-electron chi connectivity index (χ1n) is 6.22. The van der Waals surface area contributed by atoms with Crippen molar-refractivity contribution in [2.75, 3.05) is 11.9 Å². The molecule has 0 radical (unpaired) electrons. The lowest BCUT2D eigenvalue weighted by Crippen LogP contribution is -2.04. The highest BCUT2D eigenvalue weighted by molar-refractivity contribution is 7.07. The second kappa shape index (κ2) is 6.45. The fraction of sp³-hybridized carbons (Fsp3) is 0.333. The summed E-state index contributed by atoms with van der Waals surface area (Å²) in [7, 11) is 0. The molecule has 1 aromatic heterocycles. The summed E-state index contributed by atoms with van der Waals surface area (Å²) < 4.78 is 0. The summed E-state index contributed by atoms with van der Waals surface area (Å²) >= 11 is 1.77. The van der Waals surface area contributed by atoms with Gasteiger partial charge in [0.05, 0.1) is 0 Å². The summed E-state index contributed by atoms with van der Waals surface area (Å²) in [6.45, 7) is 3.22. The molecule has 0 bridgehead atoms. The quantitative estimate of drug-likeness (QED) is 0.797. The predicted molar refractivity (Wildman–Crippen MR) is 76.9 cm³/mol. The van der Waals surface area contributed by atoms with Crippen molar-refractivity contribution >= 4 is 17.0 Å². The fourth-order valence-electron chi connectivity index (χ4n) is 1.86. The Morgan fingerprint density at radius 1 is 1.00 bits per heavy atom. The number of rotatable bonds is 6. The van der Waals surface area contributed by atoms with Crippen molar-refractivity contribution < 1.29 is 0 Å². The first-order chi connectivity index (χ1) is 8.38. The standard InChI is InChI=1S/C15H19NS/c1-2-3-13-4-6-15(7-5-13)16-10-8-14-9-11-17-12-14/h4-7,9,11-12,16H,2-3,8,10H2,1H3. The van der Waals surface area contributed by atoms with E-state index in [4.69, 9.17) is 0 Å². The largest absolute Gasteiger partial charge is 0.385 e. The molecule has 0 fully saturated rings. The van der Waals surface area contributed by atoms with Crippen LogP contribution in [0.3, 0.4) is 0 Å². The summed E-state index contributed by atoms with van der Waals surface area (Å²) in [6.07, 6.45) is 3.49. The van der Waals surface area contributed by atoms with Crippen LogP contribution < -0.4 is 5.32 Å². The van der Waals surface area contributed by atoms with Gasteiger partial charge in [0.25, 0.3) is 0 Å². The SMILES string of the molecule is CCCc1ccc(NCCc2ccsc2)cc1. The van der Waals surface area contributed by atoms with Crippen LogP contribution in [0.1, 0.15) is 24.5 Å². The molecule has 0 amide bonds. The molecule has 0 saturated carbocycles. The molecule has 2 heteroatoms. The van der Waals surface area contributed by atoms with Crippen molar-refractivity contribution in [2.24, 2.45) is 0 Å². The van der Waals surface area contributed by atoms with Crippen LogP contribution in [0.15, 0.2) is 41.1 Å². The molecule has 1 nitrogen and oxygen atoms in total. The highest BCUT2D eigenvalue weighted by atomic mass is 32.1. The molecule has 2 rings (SSSR count). The maximum absolute atomic E-state index is 3.46. The molecule has 0 atom stereocenters. The van der Waals surface area contributed by atoms with Gasteiger partial charge in [0, 0.05) is 12.2 Å². The molecule has 0 spiro atoms. The highest BCUT2D eigenvalue weighted by Gasteiger charge is 1.95. The molecule has 0 unspecified atom stereocenters. The molecule has 1 aromatic carbocycles. The third kappa shape index (κ3) is 3.90. The van der Waals surface area contributed by atoms with Crippen LogP contribution in [-0.4, -0.2) is 6.54 Å². The average Bonchev–Trinajstić information content (AvgIpc) is 2.85. The third-order valence-electron chi connectivity index (χ3n) is 2.82. The van der Waals surface area contributed by atoms with Gasteiger partial charge in [-0.15, -0.1) is 0 Å². The Morgan fingerprint density at radius 3 is 2.47 bits per heavy atom. The molecule has 1 heterocycles. The Hall–Kier alpha value is -1.28. The molecular weight excluding hydrogens is 226 g/mol. The Balaban J connectivity index is 1.79. The van der Waals surface area contributed by atoms with E-state index in [1.807, 2.05) is 0 Å². The number of hydrogen-bond donors (Lipinski definition) is 1. The van der Waals surface area contributed by atoms with Gasteiger partial charge in [-0.2, -0.15) is 11.3 Å². The van der Waals surface area contributed by atoms with E-state index in [1.54, 1.807) is 11.3 Å². The molecule has 0 saturated heterocycles. The van der Waals surface area contributed by atoms with Gasteiger partial charge < -0.3 is 5.32 Å². The third-order valence-corrected chi connectivity index (χ3v) is 3.55. The van der Waals surface area contributed by atoms with E-state index in [9.17, 15) is 0 Å². The van der Waals surface area contributed by atoms with Gasteiger partial charge in [0.15, 0.2) is 0 Å². The summed E-state index contributed by atoms with van der Waals surface area (Å²) in [6, 6.07) is 11.0. The van der Waals surface area contributed by atoms with Gasteiger partial charge in [-0.1, -0.05) is 25.5 Å². The number of anilines is 1. The molecule has 17 heavy (non-hydrogen) atoms.